The second-order valence-corrected chi connectivity index (χ2v) is 8.73. The van der Waals surface area contributed by atoms with Gasteiger partial charge in [-0.3, -0.25) is 0 Å². The number of rotatable bonds is 10. The Labute approximate surface area is 188 Å². The lowest BCUT2D eigenvalue weighted by Gasteiger charge is -2.27. The van der Waals surface area contributed by atoms with E-state index in [-0.39, 0.29) is 11.8 Å². The lowest BCUT2D eigenvalue weighted by Crippen LogP contribution is -2.47. The zero-order valence-corrected chi connectivity index (χ0v) is 19.8. The Kier molecular flexibility index (Phi) is 10.6. The fourth-order valence-electron chi connectivity index (χ4n) is 3.68. The van der Waals surface area contributed by atoms with Crippen molar-refractivity contribution in [3.8, 4) is 11.5 Å². The zero-order valence-electron chi connectivity index (χ0n) is 19.8. The van der Waals surface area contributed by atoms with Gasteiger partial charge >= 0.3 is 6.09 Å². The van der Waals surface area contributed by atoms with Crippen LogP contribution in [0.15, 0.2) is 35.4 Å². The zero-order chi connectivity index (χ0) is 22.6. The molecule has 0 unspecified atom stereocenters. The van der Waals surface area contributed by atoms with E-state index in [4.69, 9.17) is 4.74 Å². The molecule has 0 saturated carbocycles. The van der Waals surface area contributed by atoms with Gasteiger partial charge in [0.05, 0.1) is 0 Å². The van der Waals surface area contributed by atoms with Crippen molar-refractivity contribution in [3.63, 3.8) is 0 Å². The summed E-state index contributed by atoms with van der Waals surface area (Å²) in [5.74, 6) is 0.703. The Bertz CT molecular complexity index is 773. The molecule has 1 aliphatic rings. The summed E-state index contributed by atoms with van der Waals surface area (Å²) in [5, 5.41) is 14.0. The summed E-state index contributed by atoms with van der Waals surface area (Å²) in [6, 6.07) is 3.77. The van der Waals surface area contributed by atoms with Crippen LogP contribution in [0.2, 0.25) is 0 Å². The number of nitrogens with zero attached hydrogens (tertiary/aromatic N) is 1. The highest BCUT2D eigenvalue weighted by Crippen LogP contribution is 2.32. The van der Waals surface area contributed by atoms with Crippen molar-refractivity contribution in [1.29, 1.82) is 0 Å². The van der Waals surface area contributed by atoms with Crippen molar-refractivity contribution < 1.29 is 14.6 Å². The van der Waals surface area contributed by atoms with Gasteiger partial charge in [0.2, 0.25) is 0 Å². The number of hydrogen-bond acceptors (Lipinski definition) is 4. The Hall–Kier alpha value is -2.27. The highest BCUT2D eigenvalue weighted by Gasteiger charge is 2.21. The SMILES string of the molecule is CCCCCc1cc(O)c(C/C=C(\C)CCC=C(C)C)c(OC(=O)N2CCNCC2)c1. The van der Waals surface area contributed by atoms with E-state index >= 15 is 0 Å². The standard InChI is InChI=1S/C26H40N2O3/c1-5-6-7-11-22-18-24(29)23(13-12-21(4)10-8-9-20(2)3)25(19-22)31-26(30)28-16-14-27-15-17-28/h9,12,18-19,27,29H,5-8,10-11,13-17H2,1-4H3/b21-12+. The largest absolute Gasteiger partial charge is 0.508 e. The highest BCUT2D eigenvalue weighted by atomic mass is 16.6. The summed E-state index contributed by atoms with van der Waals surface area (Å²) in [6.07, 6.45) is 10.8. The second kappa shape index (κ2) is 13.2. The molecule has 2 N–H and O–H groups in total. The fraction of sp³-hybridized carbons (Fsp3) is 0.577. The lowest BCUT2D eigenvalue weighted by molar-refractivity contribution is 0.145. The van der Waals surface area contributed by atoms with Gasteiger partial charge in [0.15, 0.2) is 0 Å². The predicted octanol–water partition coefficient (Wildman–Crippen LogP) is 5.76. The maximum atomic E-state index is 12.7. The maximum Gasteiger partial charge on any atom is 0.415 e. The van der Waals surface area contributed by atoms with E-state index in [9.17, 15) is 9.90 Å². The van der Waals surface area contributed by atoms with Gasteiger partial charge in [0.25, 0.3) is 0 Å². The summed E-state index contributed by atoms with van der Waals surface area (Å²) < 4.78 is 5.82. The van der Waals surface area contributed by atoms with Crippen LogP contribution in [0, 0.1) is 0 Å². The minimum Gasteiger partial charge on any atom is -0.508 e. The first-order valence-electron chi connectivity index (χ1n) is 11.7. The van der Waals surface area contributed by atoms with E-state index in [1.807, 2.05) is 12.1 Å². The minimum absolute atomic E-state index is 0.213. The fourth-order valence-corrected chi connectivity index (χ4v) is 3.68. The van der Waals surface area contributed by atoms with Crippen molar-refractivity contribution in [2.45, 2.75) is 72.6 Å². The van der Waals surface area contributed by atoms with E-state index in [1.54, 1.807) is 4.90 Å². The van der Waals surface area contributed by atoms with Crippen LogP contribution in [0.5, 0.6) is 11.5 Å². The van der Waals surface area contributed by atoms with Crippen LogP contribution in [-0.4, -0.2) is 42.3 Å². The predicted molar refractivity (Wildman–Crippen MR) is 128 cm³/mol. The van der Waals surface area contributed by atoms with Crippen molar-refractivity contribution in [3.05, 3.63) is 46.6 Å². The first-order chi connectivity index (χ1) is 14.9. The highest BCUT2D eigenvalue weighted by molar-refractivity contribution is 5.72. The molecule has 1 aliphatic heterocycles. The average molecular weight is 429 g/mol. The minimum atomic E-state index is -0.336. The van der Waals surface area contributed by atoms with E-state index in [1.165, 1.54) is 11.1 Å². The topological polar surface area (TPSA) is 61.8 Å². The summed E-state index contributed by atoms with van der Waals surface area (Å²) in [4.78, 5) is 14.4. The van der Waals surface area contributed by atoms with Gasteiger partial charge in [-0.25, -0.2) is 4.79 Å². The molecule has 5 nitrogen and oxygen atoms in total. The van der Waals surface area contributed by atoms with Gasteiger partial charge in [-0.05, 0) is 70.6 Å². The number of amides is 1. The van der Waals surface area contributed by atoms with Crippen LogP contribution in [0.3, 0.4) is 0 Å². The number of carbonyl (C=O) groups is 1. The van der Waals surface area contributed by atoms with E-state index in [2.05, 4.69) is 45.2 Å². The van der Waals surface area contributed by atoms with Crippen LogP contribution in [-0.2, 0) is 12.8 Å². The molecular weight excluding hydrogens is 388 g/mol. The van der Waals surface area contributed by atoms with Crippen LogP contribution < -0.4 is 10.1 Å². The molecule has 2 rings (SSSR count). The number of allylic oxidation sites excluding steroid dienone is 4. The molecular formula is C26H40N2O3. The molecule has 0 radical (unpaired) electrons. The maximum absolute atomic E-state index is 12.7. The molecule has 1 aromatic rings. The normalized spacial score (nSPS) is 14.5. The third-order valence-corrected chi connectivity index (χ3v) is 5.63. The second-order valence-electron chi connectivity index (χ2n) is 8.73. The van der Waals surface area contributed by atoms with Gasteiger partial charge < -0.3 is 20.1 Å². The van der Waals surface area contributed by atoms with Gasteiger partial charge in [-0.15, -0.1) is 0 Å². The molecule has 1 fully saturated rings. The number of unbranched alkanes of at least 4 members (excludes halogenated alkanes) is 2. The Morgan fingerprint density at radius 3 is 2.58 bits per heavy atom. The number of carbonyl (C=O) groups excluding carboxylic acids is 1. The van der Waals surface area contributed by atoms with Gasteiger partial charge in [0, 0.05) is 31.7 Å². The molecule has 1 saturated heterocycles. The third kappa shape index (κ3) is 8.78. The summed E-state index contributed by atoms with van der Waals surface area (Å²) in [6.45, 7) is 11.3. The van der Waals surface area contributed by atoms with Crippen molar-refractivity contribution in [1.82, 2.24) is 10.2 Å². The number of ether oxygens (including phenoxy) is 1. The van der Waals surface area contributed by atoms with Crippen LogP contribution in [0.25, 0.3) is 0 Å². The average Bonchev–Trinajstić information content (AvgIpc) is 2.73. The number of aryl methyl sites for hydroxylation is 1. The molecule has 0 atom stereocenters. The molecule has 0 aromatic heterocycles. The number of benzene rings is 1. The monoisotopic (exact) mass is 428 g/mol. The van der Waals surface area contributed by atoms with E-state index < -0.39 is 0 Å². The summed E-state index contributed by atoms with van der Waals surface area (Å²) in [7, 11) is 0. The van der Waals surface area contributed by atoms with Gasteiger partial charge in [-0.2, -0.15) is 0 Å². The first-order valence-corrected chi connectivity index (χ1v) is 11.7. The van der Waals surface area contributed by atoms with Crippen molar-refractivity contribution >= 4 is 6.09 Å². The Balaban J connectivity index is 2.18. The van der Waals surface area contributed by atoms with Crippen LogP contribution >= 0.6 is 0 Å². The Morgan fingerprint density at radius 1 is 1.16 bits per heavy atom. The molecule has 0 spiro atoms. The summed E-state index contributed by atoms with van der Waals surface area (Å²) >= 11 is 0. The summed E-state index contributed by atoms with van der Waals surface area (Å²) in [5.41, 5.74) is 4.29. The first kappa shape index (κ1) is 25.0. The van der Waals surface area contributed by atoms with Gasteiger partial charge in [0.1, 0.15) is 11.5 Å². The molecule has 172 valence electrons. The van der Waals surface area contributed by atoms with E-state index in [0.717, 1.165) is 57.2 Å². The number of phenols is 1. The molecule has 0 bridgehead atoms. The molecule has 0 aliphatic carbocycles. The lowest BCUT2D eigenvalue weighted by atomic mass is 10.00. The smallest absolute Gasteiger partial charge is 0.415 e. The third-order valence-electron chi connectivity index (χ3n) is 5.63. The van der Waals surface area contributed by atoms with Gasteiger partial charge in [-0.1, -0.05) is 43.1 Å². The number of aromatic hydroxyl groups is 1. The Morgan fingerprint density at radius 2 is 1.90 bits per heavy atom. The number of nitrogens with one attached hydrogen (secondary N) is 1. The van der Waals surface area contributed by atoms with Crippen molar-refractivity contribution in [2.75, 3.05) is 26.2 Å². The number of phenolic OH excluding ortho intramolecular Hbond substituents is 1. The molecule has 31 heavy (non-hydrogen) atoms. The molecule has 1 heterocycles. The molecule has 5 heteroatoms. The number of piperazine rings is 1. The molecule has 1 amide bonds. The number of hydrogen-bond donors (Lipinski definition) is 2. The van der Waals surface area contributed by atoms with Crippen LogP contribution in [0.4, 0.5) is 4.79 Å². The van der Waals surface area contributed by atoms with Crippen molar-refractivity contribution in [2.24, 2.45) is 0 Å². The van der Waals surface area contributed by atoms with Crippen LogP contribution in [0.1, 0.15) is 70.9 Å². The molecule has 1 aromatic carbocycles. The quantitative estimate of drug-likeness (QED) is 0.367. The van der Waals surface area contributed by atoms with E-state index in [0.29, 0.717) is 30.8 Å².